The lowest BCUT2D eigenvalue weighted by Crippen LogP contribution is -2.41. The summed E-state index contributed by atoms with van der Waals surface area (Å²) in [6, 6.07) is 0.436. The van der Waals surface area contributed by atoms with Gasteiger partial charge in [0, 0.05) is 51.4 Å². The fraction of sp³-hybridized carbons (Fsp3) is 0.950. The number of amides is 2. The summed E-state index contributed by atoms with van der Waals surface area (Å²) in [6.07, 6.45) is 57.8. The number of carbonyl (C=O) groups is 3. The Hall–Kier alpha value is -1.39. The number of rotatable bonds is 54. The maximum atomic E-state index is 13.7. The molecule has 0 aliphatic carbocycles. The van der Waals surface area contributed by atoms with E-state index in [1.807, 2.05) is 0 Å². The summed E-state index contributed by atoms with van der Waals surface area (Å²) in [7, 11) is 0. The lowest BCUT2D eigenvalue weighted by Gasteiger charge is -2.33. The molecule has 0 aromatic heterocycles. The third-order valence-corrected chi connectivity index (χ3v) is 14.4. The second-order valence-corrected chi connectivity index (χ2v) is 20.8. The van der Waals surface area contributed by atoms with E-state index in [0.29, 0.717) is 36.5 Å². The fourth-order valence-corrected chi connectivity index (χ4v) is 9.89. The van der Waals surface area contributed by atoms with E-state index in [9.17, 15) is 14.4 Å². The van der Waals surface area contributed by atoms with Gasteiger partial charge in [0.05, 0.1) is 0 Å². The number of hydrogen-bond acceptors (Lipinski definition) is 3. The number of nitrogens with zero attached hydrogens (tertiary/aromatic N) is 2. The average molecular weight is 916 g/mol. The van der Waals surface area contributed by atoms with Gasteiger partial charge in [-0.1, -0.05) is 259 Å². The molecular weight excluding hydrogens is 797 g/mol. The topological polar surface area (TPSA) is 57.7 Å². The van der Waals surface area contributed by atoms with Gasteiger partial charge in [0.2, 0.25) is 11.8 Å². The van der Waals surface area contributed by atoms with Crippen molar-refractivity contribution in [3.8, 4) is 0 Å². The molecule has 0 unspecified atom stereocenters. The van der Waals surface area contributed by atoms with Gasteiger partial charge in [-0.3, -0.25) is 14.4 Å². The number of unbranched alkanes of at least 4 members (excludes halogenated alkanes) is 35. The van der Waals surface area contributed by atoms with Crippen molar-refractivity contribution in [3.63, 3.8) is 0 Å². The third-order valence-electron chi connectivity index (χ3n) is 14.4. The van der Waals surface area contributed by atoms with Crippen molar-refractivity contribution in [3.05, 3.63) is 0 Å². The number of Topliss-reactive ketones (excluding diaryl/α,β-unsaturated/α-hetero) is 1. The Bertz CT molecular complexity index is 963. The SMILES string of the molecule is CCCCCCCCCCN(CCCCCCCCCC)C(=O)CCCCCCCCC(=O)CCCCCCCCC(=O)N(CCCC)C(CCCCCCCC)CCCCCCCC. The van der Waals surface area contributed by atoms with Crippen molar-refractivity contribution in [2.75, 3.05) is 19.6 Å². The van der Waals surface area contributed by atoms with Crippen molar-refractivity contribution < 1.29 is 14.4 Å². The van der Waals surface area contributed by atoms with Crippen LogP contribution >= 0.6 is 0 Å². The molecule has 0 saturated heterocycles. The largest absolute Gasteiger partial charge is 0.343 e. The van der Waals surface area contributed by atoms with Gasteiger partial charge in [-0.15, -0.1) is 0 Å². The fourth-order valence-electron chi connectivity index (χ4n) is 9.89. The highest BCUT2D eigenvalue weighted by Gasteiger charge is 2.22. The van der Waals surface area contributed by atoms with Gasteiger partial charge in [-0.05, 0) is 57.8 Å². The predicted molar refractivity (Wildman–Crippen MR) is 287 cm³/mol. The van der Waals surface area contributed by atoms with Crippen LogP contribution in [0.3, 0.4) is 0 Å². The molecule has 5 nitrogen and oxygen atoms in total. The summed E-state index contributed by atoms with van der Waals surface area (Å²) in [4.78, 5) is 44.1. The first-order valence-corrected chi connectivity index (χ1v) is 30.0. The Morgan fingerprint density at radius 3 is 0.908 bits per heavy atom. The Kier molecular flexibility index (Phi) is 50.9. The van der Waals surface area contributed by atoms with Gasteiger partial charge in [-0.25, -0.2) is 0 Å². The van der Waals surface area contributed by atoms with Crippen LogP contribution in [0.15, 0.2) is 0 Å². The number of carbonyl (C=O) groups excluding carboxylic acids is 3. The van der Waals surface area contributed by atoms with E-state index in [4.69, 9.17) is 0 Å². The molecule has 0 aromatic carbocycles. The first-order chi connectivity index (χ1) is 31.9. The highest BCUT2D eigenvalue weighted by Crippen LogP contribution is 2.22. The van der Waals surface area contributed by atoms with E-state index in [1.54, 1.807) is 0 Å². The van der Waals surface area contributed by atoms with Crippen molar-refractivity contribution in [2.24, 2.45) is 0 Å². The van der Waals surface area contributed by atoms with Gasteiger partial charge in [-0.2, -0.15) is 0 Å². The Morgan fingerprint density at radius 1 is 0.277 bits per heavy atom. The zero-order chi connectivity index (χ0) is 47.5. The maximum Gasteiger partial charge on any atom is 0.222 e. The Labute approximate surface area is 408 Å². The molecule has 0 N–H and O–H groups in total. The van der Waals surface area contributed by atoms with E-state index >= 15 is 0 Å². The monoisotopic (exact) mass is 915 g/mol. The lowest BCUT2D eigenvalue weighted by molar-refractivity contribution is -0.134. The van der Waals surface area contributed by atoms with E-state index in [1.165, 1.54) is 205 Å². The van der Waals surface area contributed by atoms with E-state index in [0.717, 1.165) is 110 Å². The van der Waals surface area contributed by atoms with Crippen molar-refractivity contribution in [1.82, 2.24) is 9.80 Å². The van der Waals surface area contributed by atoms with Crippen molar-refractivity contribution in [1.29, 1.82) is 0 Å². The van der Waals surface area contributed by atoms with Crippen LogP contribution < -0.4 is 0 Å². The normalized spacial score (nSPS) is 11.5. The summed E-state index contributed by atoms with van der Waals surface area (Å²) in [5, 5.41) is 0. The lowest BCUT2D eigenvalue weighted by atomic mass is 9.97. The molecule has 0 fully saturated rings. The van der Waals surface area contributed by atoms with E-state index in [-0.39, 0.29) is 0 Å². The quantitative estimate of drug-likeness (QED) is 0.0571. The first kappa shape index (κ1) is 63.6. The molecular formula is C60H118N2O3. The van der Waals surface area contributed by atoms with Crippen LogP contribution in [-0.2, 0) is 14.4 Å². The molecule has 0 radical (unpaired) electrons. The molecule has 0 spiro atoms. The molecule has 0 aliphatic rings. The molecule has 0 rings (SSSR count). The van der Waals surface area contributed by atoms with Crippen LogP contribution in [0.2, 0.25) is 0 Å². The molecule has 0 saturated carbocycles. The van der Waals surface area contributed by atoms with E-state index in [2.05, 4.69) is 44.4 Å². The first-order valence-electron chi connectivity index (χ1n) is 30.0. The molecule has 0 aromatic rings. The van der Waals surface area contributed by atoms with Crippen LogP contribution in [0.25, 0.3) is 0 Å². The zero-order valence-corrected chi connectivity index (χ0v) is 45.3. The highest BCUT2D eigenvalue weighted by atomic mass is 16.2. The second-order valence-electron chi connectivity index (χ2n) is 20.8. The summed E-state index contributed by atoms with van der Waals surface area (Å²) in [5.41, 5.74) is 0. The van der Waals surface area contributed by atoms with Crippen LogP contribution in [0, 0.1) is 0 Å². The molecule has 2 amide bonds. The van der Waals surface area contributed by atoms with E-state index < -0.39 is 0 Å². The minimum absolute atomic E-state index is 0.391. The second kappa shape index (κ2) is 52.0. The van der Waals surface area contributed by atoms with Crippen LogP contribution in [0.4, 0.5) is 0 Å². The molecule has 0 atom stereocenters. The summed E-state index contributed by atoms with van der Waals surface area (Å²) >= 11 is 0. The Morgan fingerprint density at radius 2 is 0.554 bits per heavy atom. The smallest absolute Gasteiger partial charge is 0.222 e. The maximum absolute atomic E-state index is 13.7. The minimum atomic E-state index is 0.391. The summed E-state index contributed by atoms with van der Waals surface area (Å²) in [6.45, 7) is 14.3. The van der Waals surface area contributed by atoms with Gasteiger partial charge in [0.15, 0.2) is 0 Å². The number of ketones is 1. The molecule has 386 valence electrons. The van der Waals surface area contributed by atoms with Crippen LogP contribution in [0.5, 0.6) is 0 Å². The molecule has 0 bridgehead atoms. The highest BCUT2D eigenvalue weighted by molar-refractivity contribution is 5.78. The average Bonchev–Trinajstić information content (AvgIpc) is 3.30. The Balaban J connectivity index is 4.31. The zero-order valence-electron chi connectivity index (χ0n) is 45.3. The summed E-state index contributed by atoms with van der Waals surface area (Å²) in [5.74, 6) is 1.25. The number of hydrogen-bond donors (Lipinski definition) is 0. The van der Waals surface area contributed by atoms with Crippen molar-refractivity contribution in [2.45, 2.75) is 349 Å². The van der Waals surface area contributed by atoms with Crippen LogP contribution in [-0.4, -0.2) is 53.1 Å². The predicted octanol–water partition coefficient (Wildman–Crippen LogP) is 19.4. The van der Waals surface area contributed by atoms with Gasteiger partial charge >= 0.3 is 0 Å². The van der Waals surface area contributed by atoms with Crippen molar-refractivity contribution >= 4 is 17.6 Å². The van der Waals surface area contributed by atoms with Gasteiger partial charge in [0.1, 0.15) is 5.78 Å². The molecule has 0 heterocycles. The van der Waals surface area contributed by atoms with Gasteiger partial charge in [0.25, 0.3) is 0 Å². The third kappa shape index (κ3) is 43.6. The minimum Gasteiger partial charge on any atom is -0.343 e. The molecule has 65 heavy (non-hydrogen) atoms. The standard InChI is InChI=1S/C60H118N2O3/c1-6-11-16-20-24-30-38-46-54-61(55-47-39-31-25-21-17-12-7-2)59(64)52-44-36-28-26-34-42-50-58(63)51-43-35-27-29-37-45-53-60(65)62(56-15-10-5)57(48-40-32-22-18-13-8-3)49-41-33-23-19-14-9-4/h57H,6-56H2,1-5H3. The van der Waals surface area contributed by atoms with Gasteiger partial charge < -0.3 is 9.80 Å². The molecule has 5 heteroatoms. The summed E-state index contributed by atoms with van der Waals surface area (Å²) < 4.78 is 0. The molecule has 0 aliphatic heterocycles. The van der Waals surface area contributed by atoms with Crippen LogP contribution in [0.1, 0.15) is 343 Å².